The molecule has 0 unspecified atom stereocenters. The summed E-state index contributed by atoms with van der Waals surface area (Å²) in [6.45, 7) is 1.01. The molecular formula is C19H23N3O4. The second kappa shape index (κ2) is 8.99. The summed E-state index contributed by atoms with van der Waals surface area (Å²) in [5, 5.41) is 14.5. The fraction of sp³-hybridized carbons (Fsp3) is 0.474. The quantitative estimate of drug-likeness (QED) is 0.753. The third-order valence-electron chi connectivity index (χ3n) is 4.38. The lowest BCUT2D eigenvalue weighted by molar-refractivity contribution is -0.150. The third-order valence-corrected chi connectivity index (χ3v) is 4.38. The van der Waals surface area contributed by atoms with Gasteiger partial charge in [-0.1, -0.05) is 37.5 Å². The summed E-state index contributed by atoms with van der Waals surface area (Å²) in [5.74, 6) is -1.62. The van der Waals surface area contributed by atoms with Crippen molar-refractivity contribution < 1.29 is 19.1 Å². The first-order valence-electron chi connectivity index (χ1n) is 8.70. The minimum Gasteiger partial charge on any atom is -0.454 e. The molecule has 0 spiro atoms. The van der Waals surface area contributed by atoms with Crippen molar-refractivity contribution in [3.05, 3.63) is 35.9 Å². The monoisotopic (exact) mass is 357 g/mol. The van der Waals surface area contributed by atoms with Gasteiger partial charge < -0.3 is 15.4 Å². The fourth-order valence-corrected chi connectivity index (χ4v) is 2.91. The Kier molecular flexibility index (Phi) is 6.73. The highest BCUT2D eigenvalue weighted by atomic mass is 16.5. The number of hydrogen-bond donors (Lipinski definition) is 2. The number of nitrogens with zero attached hydrogens (tertiary/aromatic N) is 1. The number of benzene rings is 1. The van der Waals surface area contributed by atoms with Gasteiger partial charge in [0.15, 0.2) is 6.61 Å². The summed E-state index contributed by atoms with van der Waals surface area (Å²) < 4.78 is 4.96. The van der Waals surface area contributed by atoms with Crippen molar-refractivity contribution in [2.45, 2.75) is 50.6 Å². The maximum Gasteiger partial charge on any atom is 0.328 e. The summed E-state index contributed by atoms with van der Waals surface area (Å²) in [4.78, 5) is 36.0. The van der Waals surface area contributed by atoms with Crippen LogP contribution >= 0.6 is 0 Å². The van der Waals surface area contributed by atoms with E-state index in [1.54, 1.807) is 30.3 Å². The van der Waals surface area contributed by atoms with E-state index in [0.29, 0.717) is 18.4 Å². The Morgan fingerprint density at radius 3 is 2.46 bits per heavy atom. The normalized spacial score (nSPS) is 16.6. The molecule has 138 valence electrons. The van der Waals surface area contributed by atoms with Gasteiger partial charge in [0.2, 0.25) is 0 Å². The highest BCUT2D eigenvalue weighted by Crippen LogP contribution is 2.27. The van der Waals surface area contributed by atoms with Crippen molar-refractivity contribution in [2.75, 3.05) is 6.61 Å². The van der Waals surface area contributed by atoms with E-state index in [0.717, 1.165) is 19.3 Å². The lowest BCUT2D eigenvalue weighted by Crippen LogP contribution is -2.50. The average Bonchev–Trinajstić information content (AvgIpc) is 2.67. The molecule has 7 heteroatoms. The summed E-state index contributed by atoms with van der Waals surface area (Å²) in [6, 6.07) is 9.77. The number of hydrogen-bond acceptors (Lipinski definition) is 5. The first kappa shape index (κ1) is 19.4. The predicted octanol–water partition coefficient (Wildman–Crippen LogP) is 1.69. The van der Waals surface area contributed by atoms with Crippen LogP contribution in [0.25, 0.3) is 0 Å². The summed E-state index contributed by atoms with van der Waals surface area (Å²) >= 11 is 0. The lowest BCUT2D eigenvalue weighted by Gasteiger charge is -2.31. The molecule has 2 N–H and O–H groups in total. The zero-order valence-corrected chi connectivity index (χ0v) is 14.8. The van der Waals surface area contributed by atoms with Crippen LogP contribution in [-0.2, 0) is 14.3 Å². The zero-order chi connectivity index (χ0) is 19.0. The number of carbonyl (C=O) groups excluding carboxylic acids is 3. The van der Waals surface area contributed by atoms with Gasteiger partial charge in [0.05, 0.1) is 6.07 Å². The summed E-state index contributed by atoms with van der Waals surface area (Å²) in [5.41, 5.74) is -0.437. The van der Waals surface area contributed by atoms with Gasteiger partial charge in [-0.2, -0.15) is 5.26 Å². The van der Waals surface area contributed by atoms with E-state index in [1.807, 2.05) is 0 Å². The molecule has 0 aromatic heterocycles. The minimum absolute atomic E-state index is 0.398. The minimum atomic E-state index is -0.893. The molecule has 1 aliphatic carbocycles. The standard InChI is InChI=1S/C19H23N3O4/c1-14(21-17(24)15-8-4-2-5-9-15)18(25)26-12-16(23)22-19(13-20)10-6-3-7-11-19/h2,4-5,8-9,14H,3,6-7,10-12H2,1H3,(H,21,24)(H,22,23)/t14-/m0/s1. The Bertz CT molecular complexity index is 690. The molecule has 2 amide bonds. The van der Waals surface area contributed by atoms with Gasteiger partial charge in [0.1, 0.15) is 11.6 Å². The van der Waals surface area contributed by atoms with Crippen LogP contribution in [0.5, 0.6) is 0 Å². The number of ether oxygens (including phenoxy) is 1. The van der Waals surface area contributed by atoms with Gasteiger partial charge in [0, 0.05) is 5.56 Å². The Morgan fingerprint density at radius 1 is 1.19 bits per heavy atom. The molecule has 0 bridgehead atoms. The number of rotatable bonds is 6. The van der Waals surface area contributed by atoms with Crippen LogP contribution in [0.4, 0.5) is 0 Å². The molecule has 1 atom stereocenters. The highest BCUT2D eigenvalue weighted by molar-refractivity contribution is 5.96. The maximum atomic E-state index is 12.0. The molecule has 1 aromatic carbocycles. The molecule has 2 rings (SSSR count). The molecular weight excluding hydrogens is 334 g/mol. The second-order valence-electron chi connectivity index (χ2n) is 6.47. The van der Waals surface area contributed by atoms with Gasteiger partial charge in [-0.05, 0) is 31.9 Å². The fourth-order valence-electron chi connectivity index (χ4n) is 2.91. The van der Waals surface area contributed by atoms with E-state index in [2.05, 4.69) is 16.7 Å². The third kappa shape index (κ3) is 5.31. The molecule has 1 fully saturated rings. The molecule has 1 saturated carbocycles. The van der Waals surface area contributed by atoms with Crippen molar-refractivity contribution in [2.24, 2.45) is 0 Å². The number of amides is 2. The highest BCUT2D eigenvalue weighted by Gasteiger charge is 2.33. The van der Waals surface area contributed by atoms with Crippen LogP contribution in [0.2, 0.25) is 0 Å². The number of carbonyl (C=O) groups is 3. The first-order chi connectivity index (χ1) is 12.5. The average molecular weight is 357 g/mol. The SMILES string of the molecule is C[C@H](NC(=O)c1ccccc1)C(=O)OCC(=O)NC1(C#N)CCCCC1. The molecule has 1 aliphatic rings. The van der Waals surface area contributed by atoms with E-state index in [4.69, 9.17) is 4.74 Å². The molecule has 7 nitrogen and oxygen atoms in total. The van der Waals surface area contributed by atoms with Gasteiger partial charge in [-0.25, -0.2) is 4.79 Å². The maximum absolute atomic E-state index is 12.0. The van der Waals surface area contributed by atoms with Crippen LogP contribution in [0.15, 0.2) is 30.3 Å². The van der Waals surface area contributed by atoms with Crippen molar-refractivity contribution in [1.82, 2.24) is 10.6 Å². The molecule has 0 aliphatic heterocycles. The second-order valence-corrected chi connectivity index (χ2v) is 6.47. The largest absolute Gasteiger partial charge is 0.454 e. The van der Waals surface area contributed by atoms with Gasteiger partial charge in [-0.15, -0.1) is 0 Å². The van der Waals surface area contributed by atoms with Gasteiger partial charge in [0.25, 0.3) is 11.8 Å². The van der Waals surface area contributed by atoms with Gasteiger partial charge >= 0.3 is 5.97 Å². The van der Waals surface area contributed by atoms with Crippen molar-refractivity contribution in [3.8, 4) is 6.07 Å². The number of nitriles is 1. The van der Waals surface area contributed by atoms with E-state index in [9.17, 15) is 19.6 Å². The van der Waals surface area contributed by atoms with Crippen molar-refractivity contribution >= 4 is 17.8 Å². The number of esters is 1. The van der Waals surface area contributed by atoms with E-state index in [1.165, 1.54) is 6.92 Å². The van der Waals surface area contributed by atoms with Gasteiger partial charge in [-0.3, -0.25) is 9.59 Å². The Hall–Kier alpha value is -2.88. The summed E-state index contributed by atoms with van der Waals surface area (Å²) in [6.07, 6.45) is 4.03. The molecule has 26 heavy (non-hydrogen) atoms. The molecule has 0 heterocycles. The van der Waals surface area contributed by atoms with Crippen molar-refractivity contribution in [1.29, 1.82) is 5.26 Å². The molecule has 0 radical (unpaired) electrons. The smallest absolute Gasteiger partial charge is 0.328 e. The first-order valence-corrected chi connectivity index (χ1v) is 8.70. The Morgan fingerprint density at radius 2 is 1.85 bits per heavy atom. The lowest BCUT2D eigenvalue weighted by atomic mass is 9.83. The van der Waals surface area contributed by atoms with E-state index in [-0.39, 0.29) is 0 Å². The van der Waals surface area contributed by atoms with E-state index < -0.39 is 36.0 Å². The van der Waals surface area contributed by atoms with Crippen LogP contribution in [-0.4, -0.2) is 36.0 Å². The van der Waals surface area contributed by atoms with Crippen LogP contribution in [0.1, 0.15) is 49.4 Å². The molecule has 1 aromatic rings. The Balaban J connectivity index is 1.79. The zero-order valence-electron chi connectivity index (χ0n) is 14.8. The van der Waals surface area contributed by atoms with Crippen LogP contribution < -0.4 is 10.6 Å². The van der Waals surface area contributed by atoms with Crippen molar-refractivity contribution in [3.63, 3.8) is 0 Å². The topological polar surface area (TPSA) is 108 Å². The summed E-state index contributed by atoms with van der Waals surface area (Å²) in [7, 11) is 0. The van der Waals surface area contributed by atoms with Crippen LogP contribution in [0.3, 0.4) is 0 Å². The number of nitrogens with one attached hydrogen (secondary N) is 2. The van der Waals surface area contributed by atoms with E-state index >= 15 is 0 Å². The van der Waals surface area contributed by atoms with Crippen LogP contribution in [0, 0.1) is 11.3 Å². The molecule has 0 saturated heterocycles. The Labute approximate surface area is 152 Å². The predicted molar refractivity (Wildman–Crippen MR) is 93.9 cm³/mol.